The van der Waals surface area contributed by atoms with E-state index in [4.69, 9.17) is 4.55 Å². The second-order valence-electron chi connectivity index (χ2n) is 2.00. The SMILES string of the molecule is O=[N+]([O-])c1cccc(S(=O)O)c1.[NaH]. The molecule has 66 valence electrons. The van der Waals surface area contributed by atoms with Crippen LogP contribution in [0.1, 0.15) is 0 Å². The van der Waals surface area contributed by atoms with Gasteiger partial charge in [0.05, 0.1) is 9.82 Å². The van der Waals surface area contributed by atoms with Crippen molar-refractivity contribution in [2.75, 3.05) is 0 Å². The fraction of sp³-hybridized carbons (Fsp3) is 0. The molecule has 0 bridgehead atoms. The molecule has 1 unspecified atom stereocenters. The number of non-ortho nitro benzene ring substituents is 1. The predicted octanol–water partition coefficient (Wildman–Crippen LogP) is 0.527. The van der Waals surface area contributed by atoms with Gasteiger partial charge in [0.1, 0.15) is 0 Å². The molecule has 0 heterocycles. The predicted molar refractivity (Wildman–Crippen MR) is 49.3 cm³/mol. The zero-order chi connectivity index (χ0) is 9.14. The van der Waals surface area contributed by atoms with E-state index in [0.29, 0.717) is 0 Å². The molecular weight excluding hydrogens is 205 g/mol. The molecule has 0 spiro atoms. The normalized spacial score (nSPS) is 11.5. The van der Waals surface area contributed by atoms with Crippen molar-refractivity contribution >= 4 is 46.3 Å². The third-order valence-corrected chi connectivity index (χ3v) is 1.89. The topological polar surface area (TPSA) is 80.4 Å². The Balaban J connectivity index is 0.00000144. The van der Waals surface area contributed by atoms with Gasteiger partial charge in [-0.25, -0.2) is 4.21 Å². The van der Waals surface area contributed by atoms with Crippen molar-refractivity contribution in [1.82, 2.24) is 0 Å². The van der Waals surface area contributed by atoms with Gasteiger partial charge < -0.3 is 4.55 Å². The molecule has 0 radical (unpaired) electrons. The van der Waals surface area contributed by atoms with E-state index in [1.54, 1.807) is 0 Å². The van der Waals surface area contributed by atoms with Gasteiger partial charge in [-0.3, -0.25) is 10.1 Å². The number of hydrogen-bond donors (Lipinski definition) is 1. The number of nitrogens with zero attached hydrogens (tertiary/aromatic N) is 1. The minimum absolute atomic E-state index is 0. The third kappa shape index (κ3) is 3.53. The van der Waals surface area contributed by atoms with E-state index in [-0.39, 0.29) is 40.1 Å². The van der Waals surface area contributed by atoms with Gasteiger partial charge in [0.15, 0.2) is 11.1 Å². The first-order valence-corrected chi connectivity index (χ1v) is 4.07. The minimum atomic E-state index is -2.16. The Bertz CT molecular complexity index is 314. The molecule has 1 rings (SSSR count). The van der Waals surface area contributed by atoms with Crippen molar-refractivity contribution in [2.45, 2.75) is 4.90 Å². The van der Waals surface area contributed by atoms with Gasteiger partial charge in [-0.15, -0.1) is 0 Å². The van der Waals surface area contributed by atoms with Gasteiger partial charge in [-0.05, 0) is 6.07 Å². The van der Waals surface area contributed by atoms with Crippen molar-refractivity contribution in [3.63, 3.8) is 0 Å². The Hall–Kier alpha value is -0.270. The van der Waals surface area contributed by atoms with E-state index >= 15 is 0 Å². The zero-order valence-corrected chi connectivity index (χ0v) is 6.65. The van der Waals surface area contributed by atoms with E-state index in [9.17, 15) is 14.3 Å². The summed E-state index contributed by atoms with van der Waals surface area (Å²) in [5.74, 6) is 0. The molecule has 5 nitrogen and oxygen atoms in total. The summed E-state index contributed by atoms with van der Waals surface area (Å²) in [5.41, 5.74) is -0.185. The van der Waals surface area contributed by atoms with E-state index in [1.165, 1.54) is 18.2 Å². The van der Waals surface area contributed by atoms with Gasteiger partial charge in [-0.2, -0.15) is 0 Å². The van der Waals surface area contributed by atoms with E-state index in [1.807, 2.05) is 0 Å². The number of nitro benzene ring substituents is 1. The Morgan fingerprint density at radius 2 is 2.08 bits per heavy atom. The number of hydrogen-bond acceptors (Lipinski definition) is 3. The molecule has 0 amide bonds. The second kappa shape index (κ2) is 5.46. The average Bonchev–Trinajstić information content (AvgIpc) is 2.04. The number of benzene rings is 1. The molecule has 0 aromatic heterocycles. The molecule has 13 heavy (non-hydrogen) atoms. The van der Waals surface area contributed by atoms with Crippen LogP contribution in [0.3, 0.4) is 0 Å². The summed E-state index contributed by atoms with van der Waals surface area (Å²) in [5, 5.41) is 10.2. The van der Waals surface area contributed by atoms with Crippen molar-refractivity contribution in [2.24, 2.45) is 0 Å². The summed E-state index contributed by atoms with van der Waals surface area (Å²) >= 11 is -2.16. The molecule has 0 aliphatic carbocycles. The molecule has 0 aliphatic rings. The summed E-state index contributed by atoms with van der Waals surface area (Å²) in [6.07, 6.45) is 0. The van der Waals surface area contributed by atoms with Crippen molar-refractivity contribution in [3.05, 3.63) is 34.4 Å². The van der Waals surface area contributed by atoms with Crippen LogP contribution in [-0.2, 0) is 11.1 Å². The second-order valence-corrected chi connectivity index (χ2v) is 2.97. The van der Waals surface area contributed by atoms with Crippen LogP contribution in [-0.4, -0.2) is 43.2 Å². The molecule has 7 heteroatoms. The van der Waals surface area contributed by atoms with Gasteiger partial charge in [0.2, 0.25) is 0 Å². The van der Waals surface area contributed by atoms with Crippen LogP contribution in [0.2, 0.25) is 0 Å². The van der Waals surface area contributed by atoms with E-state index in [0.717, 1.165) is 6.07 Å². The summed E-state index contributed by atoms with van der Waals surface area (Å²) in [7, 11) is 0. The summed E-state index contributed by atoms with van der Waals surface area (Å²) in [6.45, 7) is 0. The van der Waals surface area contributed by atoms with Crippen molar-refractivity contribution in [3.8, 4) is 0 Å². The van der Waals surface area contributed by atoms with Crippen LogP contribution >= 0.6 is 0 Å². The van der Waals surface area contributed by atoms with Crippen LogP contribution in [0.4, 0.5) is 5.69 Å². The molecule has 0 saturated carbocycles. The monoisotopic (exact) mass is 211 g/mol. The molecule has 0 aliphatic heterocycles. The Kier molecular flexibility index (Phi) is 5.34. The number of nitro groups is 1. The van der Waals surface area contributed by atoms with Gasteiger partial charge >= 0.3 is 29.6 Å². The van der Waals surface area contributed by atoms with Gasteiger partial charge in [0, 0.05) is 12.1 Å². The first-order chi connectivity index (χ1) is 5.61. The summed E-state index contributed by atoms with van der Waals surface area (Å²) in [4.78, 5) is 9.62. The molecule has 0 fully saturated rings. The fourth-order valence-electron chi connectivity index (χ4n) is 0.706. The van der Waals surface area contributed by atoms with Crippen LogP contribution in [0.25, 0.3) is 0 Å². The summed E-state index contributed by atoms with van der Waals surface area (Å²) < 4.78 is 19.0. The van der Waals surface area contributed by atoms with Crippen LogP contribution in [0.15, 0.2) is 29.2 Å². The first-order valence-electron chi connectivity index (χ1n) is 2.96. The zero-order valence-electron chi connectivity index (χ0n) is 5.84. The number of rotatable bonds is 2. The molecule has 1 N–H and O–H groups in total. The first kappa shape index (κ1) is 12.7. The van der Waals surface area contributed by atoms with Crippen molar-refractivity contribution in [1.29, 1.82) is 0 Å². The van der Waals surface area contributed by atoms with E-state index in [2.05, 4.69) is 0 Å². The summed E-state index contributed by atoms with van der Waals surface area (Å²) in [6, 6.07) is 5.04. The Morgan fingerprint density at radius 1 is 1.46 bits per heavy atom. The van der Waals surface area contributed by atoms with E-state index < -0.39 is 16.0 Å². The van der Waals surface area contributed by atoms with Gasteiger partial charge in [0.25, 0.3) is 5.69 Å². The Morgan fingerprint density at radius 3 is 2.54 bits per heavy atom. The maximum atomic E-state index is 10.5. The molecule has 1 aromatic rings. The standard InChI is InChI=1S/C6H5NO4S.Na.H/c8-7(9)5-2-1-3-6(4-5)12(10)11;;/h1-4H,(H,10,11);;. The van der Waals surface area contributed by atoms with Crippen molar-refractivity contribution < 1.29 is 13.7 Å². The molecule has 1 aromatic carbocycles. The van der Waals surface area contributed by atoms with Crippen LogP contribution < -0.4 is 0 Å². The average molecular weight is 211 g/mol. The molecule has 1 atom stereocenters. The molecule has 0 saturated heterocycles. The quantitative estimate of drug-likeness (QED) is 0.335. The molecular formula is C6H6NNaO4S. The maximum absolute atomic E-state index is 10.5. The van der Waals surface area contributed by atoms with Crippen LogP contribution in [0.5, 0.6) is 0 Å². The van der Waals surface area contributed by atoms with Gasteiger partial charge in [-0.1, -0.05) is 6.07 Å². The van der Waals surface area contributed by atoms with Crippen LogP contribution in [0, 0.1) is 10.1 Å². The third-order valence-electron chi connectivity index (χ3n) is 1.23. The fourth-order valence-corrected chi connectivity index (χ4v) is 1.12. The Labute approximate surface area is 98.9 Å².